The lowest BCUT2D eigenvalue weighted by molar-refractivity contribution is -0.123. The van der Waals surface area contributed by atoms with Gasteiger partial charge in [-0.05, 0) is 30.5 Å². The Morgan fingerprint density at radius 2 is 2.15 bits per heavy atom. The molecule has 0 radical (unpaired) electrons. The molecule has 0 aromatic heterocycles. The quantitative estimate of drug-likeness (QED) is 0.302. The van der Waals surface area contributed by atoms with Crippen molar-refractivity contribution in [1.29, 1.82) is 0 Å². The number of amides is 1. The van der Waals surface area contributed by atoms with E-state index in [1.165, 1.54) is 0 Å². The van der Waals surface area contributed by atoms with Crippen molar-refractivity contribution in [2.24, 2.45) is 10.9 Å². The maximum absolute atomic E-state index is 11.5. The number of benzene rings is 1. The zero-order valence-corrected chi connectivity index (χ0v) is 12.3. The smallest absolute Gasteiger partial charge is 0.257 e. The van der Waals surface area contributed by atoms with Crippen LogP contribution in [0.25, 0.3) is 0 Å². The number of oxime groups is 1. The molecule has 0 aliphatic rings. The van der Waals surface area contributed by atoms with Crippen LogP contribution in [0.5, 0.6) is 5.75 Å². The van der Waals surface area contributed by atoms with Gasteiger partial charge in [0, 0.05) is 17.4 Å². The summed E-state index contributed by atoms with van der Waals surface area (Å²) in [6.45, 7) is 2.62. The predicted octanol–water partition coefficient (Wildman–Crippen LogP) is 1.03. The summed E-state index contributed by atoms with van der Waals surface area (Å²) in [5.41, 5.74) is 6.02. The van der Waals surface area contributed by atoms with Gasteiger partial charge in [0.05, 0.1) is 0 Å². The van der Waals surface area contributed by atoms with Crippen LogP contribution in [-0.2, 0) is 4.79 Å². The highest BCUT2D eigenvalue weighted by atomic mass is 32.2. The van der Waals surface area contributed by atoms with Crippen LogP contribution < -0.4 is 15.8 Å². The van der Waals surface area contributed by atoms with E-state index >= 15 is 0 Å². The number of carbonyl (C=O) groups excluding carboxylic acids is 1. The van der Waals surface area contributed by atoms with Crippen molar-refractivity contribution in [2.75, 3.05) is 19.4 Å². The number of nitrogens with two attached hydrogens (primary N) is 1. The molecule has 0 aliphatic heterocycles. The molecular formula is C13H19N3O3S. The third-order valence-electron chi connectivity index (χ3n) is 2.62. The van der Waals surface area contributed by atoms with Crippen LogP contribution in [0.3, 0.4) is 0 Å². The monoisotopic (exact) mass is 297 g/mol. The van der Waals surface area contributed by atoms with Crippen molar-refractivity contribution in [3.63, 3.8) is 0 Å². The zero-order valence-electron chi connectivity index (χ0n) is 11.5. The third kappa shape index (κ3) is 5.40. The van der Waals surface area contributed by atoms with Crippen LogP contribution in [0.2, 0.25) is 0 Å². The van der Waals surface area contributed by atoms with Crippen LogP contribution in [0.1, 0.15) is 12.5 Å². The fourth-order valence-electron chi connectivity index (χ4n) is 1.32. The third-order valence-corrected chi connectivity index (χ3v) is 3.59. The van der Waals surface area contributed by atoms with Crippen LogP contribution in [0.15, 0.2) is 29.4 Å². The molecule has 1 atom stereocenters. The first-order chi connectivity index (χ1) is 9.56. The predicted molar refractivity (Wildman–Crippen MR) is 80.4 cm³/mol. The van der Waals surface area contributed by atoms with E-state index < -0.39 is 0 Å². The van der Waals surface area contributed by atoms with E-state index in [0.29, 0.717) is 23.1 Å². The van der Waals surface area contributed by atoms with Gasteiger partial charge < -0.3 is 21.0 Å². The number of hydrogen-bond acceptors (Lipinski definition) is 5. The Kier molecular flexibility index (Phi) is 6.72. The van der Waals surface area contributed by atoms with E-state index in [-0.39, 0.29) is 18.3 Å². The maximum atomic E-state index is 11.5. The fraction of sp³-hybridized carbons (Fsp3) is 0.385. The van der Waals surface area contributed by atoms with Gasteiger partial charge in [-0.1, -0.05) is 12.1 Å². The topological polar surface area (TPSA) is 96.9 Å². The summed E-state index contributed by atoms with van der Waals surface area (Å²) in [6.07, 6.45) is 2.00. The summed E-state index contributed by atoms with van der Waals surface area (Å²) in [5.74, 6) is 0.416. The lowest BCUT2D eigenvalue weighted by Crippen LogP contribution is -2.33. The number of nitrogens with one attached hydrogen (secondary N) is 1. The van der Waals surface area contributed by atoms with E-state index in [4.69, 9.17) is 15.7 Å². The van der Waals surface area contributed by atoms with Gasteiger partial charge in [-0.2, -0.15) is 11.8 Å². The minimum atomic E-state index is -0.161. The minimum absolute atomic E-state index is 0.0281. The van der Waals surface area contributed by atoms with E-state index in [1.807, 2.05) is 13.2 Å². The fourth-order valence-corrected chi connectivity index (χ4v) is 1.57. The van der Waals surface area contributed by atoms with E-state index in [0.717, 1.165) is 0 Å². The van der Waals surface area contributed by atoms with Crippen molar-refractivity contribution in [3.8, 4) is 5.75 Å². The number of rotatable bonds is 7. The lowest BCUT2D eigenvalue weighted by Gasteiger charge is -2.10. The molecule has 0 fully saturated rings. The number of hydrogen-bond donors (Lipinski definition) is 3. The molecule has 0 aliphatic carbocycles. The molecule has 0 saturated carbocycles. The highest BCUT2D eigenvalue weighted by Crippen LogP contribution is 2.11. The summed E-state index contributed by atoms with van der Waals surface area (Å²) in [4.78, 5) is 11.5. The summed E-state index contributed by atoms with van der Waals surface area (Å²) < 4.78 is 5.34. The first-order valence-electron chi connectivity index (χ1n) is 6.07. The molecule has 4 N–H and O–H groups in total. The molecule has 20 heavy (non-hydrogen) atoms. The average molecular weight is 297 g/mol. The van der Waals surface area contributed by atoms with Gasteiger partial charge in [0.25, 0.3) is 5.91 Å². The van der Waals surface area contributed by atoms with Crippen molar-refractivity contribution < 1.29 is 14.7 Å². The summed E-state index contributed by atoms with van der Waals surface area (Å²) in [6, 6.07) is 6.62. The van der Waals surface area contributed by atoms with Crippen LogP contribution in [0, 0.1) is 0 Å². The summed E-state index contributed by atoms with van der Waals surface area (Å²) >= 11 is 1.69. The Balaban J connectivity index is 2.40. The van der Waals surface area contributed by atoms with E-state index in [2.05, 4.69) is 10.5 Å². The number of carbonyl (C=O) groups is 1. The largest absolute Gasteiger partial charge is 0.484 e. The van der Waals surface area contributed by atoms with Crippen LogP contribution in [-0.4, -0.2) is 41.6 Å². The van der Waals surface area contributed by atoms with Gasteiger partial charge in [-0.3, -0.25) is 4.79 Å². The molecule has 1 amide bonds. The van der Waals surface area contributed by atoms with Crippen LogP contribution in [0.4, 0.5) is 0 Å². The Morgan fingerprint density at radius 1 is 1.50 bits per heavy atom. The standard InChI is InChI=1S/C13H19N3O3S/c1-9(20-2)7-15-12(17)8-19-11-5-3-10(4-6-11)13(14)16-18/h3-6,9,18H,7-8H2,1-2H3,(H2,14,16)(H,15,17). The van der Waals surface area contributed by atoms with Crippen molar-refractivity contribution in [1.82, 2.24) is 5.32 Å². The molecule has 0 heterocycles. The van der Waals surface area contributed by atoms with Crippen molar-refractivity contribution in [3.05, 3.63) is 29.8 Å². The van der Waals surface area contributed by atoms with Gasteiger partial charge in [-0.25, -0.2) is 0 Å². The second-order valence-electron chi connectivity index (χ2n) is 4.15. The Morgan fingerprint density at radius 3 is 2.70 bits per heavy atom. The summed E-state index contributed by atoms with van der Waals surface area (Å²) in [7, 11) is 0. The zero-order chi connectivity index (χ0) is 15.0. The van der Waals surface area contributed by atoms with Gasteiger partial charge in [0.2, 0.25) is 0 Å². The Hall–Kier alpha value is -1.89. The van der Waals surface area contributed by atoms with E-state index in [9.17, 15) is 4.79 Å². The van der Waals surface area contributed by atoms with Crippen molar-refractivity contribution >= 4 is 23.5 Å². The molecule has 0 saturated heterocycles. The molecule has 7 heteroatoms. The average Bonchev–Trinajstić information content (AvgIpc) is 2.50. The highest BCUT2D eigenvalue weighted by molar-refractivity contribution is 7.99. The van der Waals surface area contributed by atoms with Crippen molar-refractivity contribution in [2.45, 2.75) is 12.2 Å². The first kappa shape index (κ1) is 16.2. The Bertz CT molecular complexity index is 462. The molecule has 0 spiro atoms. The molecule has 110 valence electrons. The molecule has 1 rings (SSSR count). The van der Waals surface area contributed by atoms with E-state index in [1.54, 1.807) is 36.0 Å². The van der Waals surface area contributed by atoms with Gasteiger partial charge in [-0.15, -0.1) is 0 Å². The van der Waals surface area contributed by atoms with Gasteiger partial charge in [0.15, 0.2) is 12.4 Å². The molecular weight excluding hydrogens is 278 g/mol. The number of amidine groups is 1. The number of nitrogens with zero attached hydrogens (tertiary/aromatic N) is 1. The van der Waals surface area contributed by atoms with Crippen LogP contribution >= 0.6 is 11.8 Å². The molecule has 1 aromatic carbocycles. The second-order valence-corrected chi connectivity index (χ2v) is 5.42. The normalized spacial score (nSPS) is 12.8. The molecule has 1 unspecified atom stereocenters. The SMILES string of the molecule is CSC(C)CNC(=O)COc1ccc(/C(N)=N/O)cc1. The lowest BCUT2D eigenvalue weighted by atomic mass is 10.2. The maximum Gasteiger partial charge on any atom is 0.257 e. The van der Waals surface area contributed by atoms with Gasteiger partial charge >= 0.3 is 0 Å². The highest BCUT2D eigenvalue weighted by Gasteiger charge is 2.06. The second kappa shape index (κ2) is 8.31. The Labute approximate surface area is 122 Å². The molecule has 6 nitrogen and oxygen atoms in total. The molecule has 1 aromatic rings. The summed E-state index contributed by atoms with van der Waals surface area (Å²) in [5, 5.41) is 14.6. The number of thioether (sulfide) groups is 1. The first-order valence-corrected chi connectivity index (χ1v) is 7.36. The van der Waals surface area contributed by atoms with Gasteiger partial charge in [0.1, 0.15) is 5.75 Å². The minimum Gasteiger partial charge on any atom is -0.484 e. The molecule has 0 bridgehead atoms. The number of ether oxygens (including phenoxy) is 1.